The van der Waals surface area contributed by atoms with Crippen LogP contribution in [-0.4, -0.2) is 42.9 Å². The molecule has 1 aromatic rings. The Morgan fingerprint density at radius 3 is 2.67 bits per heavy atom. The molecule has 2 amide bonds. The molecule has 0 radical (unpaired) electrons. The normalized spacial score (nSPS) is 16.7. The van der Waals surface area contributed by atoms with Gasteiger partial charge in [0, 0.05) is 7.05 Å². The van der Waals surface area contributed by atoms with Crippen LogP contribution in [0.2, 0.25) is 0 Å². The zero-order valence-corrected chi connectivity index (χ0v) is 12.6. The van der Waals surface area contributed by atoms with E-state index in [2.05, 4.69) is 15.5 Å². The van der Waals surface area contributed by atoms with Gasteiger partial charge in [-0.1, -0.05) is 6.92 Å². The van der Waals surface area contributed by atoms with Crippen LogP contribution >= 0.6 is 0 Å². The van der Waals surface area contributed by atoms with E-state index in [0.29, 0.717) is 12.3 Å². The van der Waals surface area contributed by atoms with Crippen LogP contribution < -0.4 is 10.6 Å². The highest BCUT2D eigenvalue weighted by Crippen LogP contribution is 2.14. The SMILES string of the molecule is CC[C@@H](C(=O)NCc1ccc(C(=O)NC)o1)N1CCCC1. The molecule has 1 aliphatic heterocycles. The quantitative estimate of drug-likeness (QED) is 0.824. The Bertz CT molecular complexity index is 492. The largest absolute Gasteiger partial charge is 0.454 e. The molecular weight excluding hydrogens is 270 g/mol. The van der Waals surface area contributed by atoms with Crippen LogP contribution in [0.5, 0.6) is 0 Å². The van der Waals surface area contributed by atoms with E-state index in [-0.39, 0.29) is 23.6 Å². The monoisotopic (exact) mass is 293 g/mol. The van der Waals surface area contributed by atoms with Crippen molar-refractivity contribution in [3.05, 3.63) is 23.7 Å². The molecule has 2 heterocycles. The van der Waals surface area contributed by atoms with E-state index in [1.165, 1.54) is 0 Å². The van der Waals surface area contributed by atoms with Gasteiger partial charge in [-0.3, -0.25) is 14.5 Å². The van der Waals surface area contributed by atoms with Gasteiger partial charge in [0.2, 0.25) is 5.91 Å². The van der Waals surface area contributed by atoms with Crippen molar-refractivity contribution in [3.8, 4) is 0 Å². The molecule has 0 aromatic carbocycles. The molecule has 116 valence electrons. The first kappa shape index (κ1) is 15.6. The Balaban J connectivity index is 1.87. The van der Waals surface area contributed by atoms with Crippen LogP contribution in [0.25, 0.3) is 0 Å². The molecule has 0 saturated carbocycles. The maximum absolute atomic E-state index is 12.3. The molecule has 2 N–H and O–H groups in total. The van der Waals surface area contributed by atoms with Gasteiger partial charge >= 0.3 is 0 Å². The minimum Gasteiger partial charge on any atom is -0.454 e. The third-order valence-electron chi connectivity index (χ3n) is 3.82. The predicted octanol–water partition coefficient (Wildman–Crippen LogP) is 1.13. The molecule has 1 fully saturated rings. The maximum Gasteiger partial charge on any atom is 0.286 e. The molecule has 0 spiro atoms. The number of carbonyl (C=O) groups is 2. The maximum atomic E-state index is 12.3. The van der Waals surface area contributed by atoms with E-state index in [9.17, 15) is 9.59 Å². The summed E-state index contributed by atoms with van der Waals surface area (Å²) in [6.07, 6.45) is 3.13. The Morgan fingerprint density at radius 1 is 1.33 bits per heavy atom. The van der Waals surface area contributed by atoms with Gasteiger partial charge in [0.05, 0.1) is 12.6 Å². The fourth-order valence-electron chi connectivity index (χ4n) is 2.67. The van der Waals surface area contributed by atoms with Gasteiger partial charge < -0.3 is 15.1 Å². The fourth-order valence-corrected chi connectivity index (χ4v) is 2.67. The van der Waals surface area contributed by atoms with Crippen LogP contribution in [0, 0.1) is 0 Å². The van der Waals surface area contributed by atoms with E-state index < -0.39 is 0 Å². The molecule has 1 aliphatic rings. The molecule has 1 atom stereocenters. The fraction of sp³-hybridized carbons (Fsp3) is 0.600. The predicted molar refractivity (Wildman–Crippen MR) is 78.8 cm³/mol. The Labute approximate surface area is 124 Å². The van der Waals surface area contributed by atoms with Crippen molar-refractivity contribution in [2.45, 2.75) is 38.8 Å². The number of furan rings is 1. The topological polar surface area (TPSA) is 74.6 Å². The summed E-state index contributed by atoms with van der Waals surface area (Å²) < 4.78 is 5.39. The first-order valence-corrected chi connectivity index (χ1v) is 7.48. The lowest BCUT2D eigenvalue weighted by Crippen LogP contribution is -2.45. The average Bonchev–Trinajstić information content (AvgIpc) is 3.16. The summed E-state index contributed by atoms with van der Waals surface area (Å²) in [5.74, 6) is 0.597. The summed E-state index contributed by atoms with van der Waals surface area (Å²) >= 11 is 0. The third kappa shape index (κ3) is 3.85. The Morgan fingerprint density at radius 2 is 2.05 bits per heavy atom. The number of nitrogens with zero attached hydrogens (tertiary/aromatic N) is 1. The van der Waals surface area contributed by atoms with Crippen LogP contribution in [0.4, 0.5) is 0 Å². The van der Waals surface area contributed by atoms with Gasteiger partial charge in [0.15, 0.2) is 5.76 Å². The lowest BCUT2D eigenvalue weighted by molar-refractivity contribution is -0.126. The van der Waals surface area contributed by atoms with Gasteiger partial charge in [-0.2, -0.15) is 0 Å². The summed E-state index contributed by atoms with van der Waals surface area (Å²) in [7, 11) is 1.55. The highest BCUT2D eigenvalue weighted by molar-refractivity contribution is 5.91. The summed E-state index contributed by atoms with van der Waals surface area (Å²) in [6.45, 7) is 4.32. The number of rotatable bonds is 6. The molecule has 2 rings (SSSR count). The van der Waals surface area contributed by atoms with Crippen LogP contribution in [0.15, 0.2) is 16.5 Å². The van der Waals surface area contributed by atoms with Crippen molar-refractivity contribution >= 4 is 11.8 Å². The minimum absolute atomic E-state index is 0.0253. The molecule has 21 heavy (non-hydrogen) atoms. The van der Waals surface area contributed by atoms with Crippen LogP contribution in [0.1, 0.15) is 42.5 Å². The summed E-state index contributed by atoms with van der Waals surface area (Å²) in [6, 6.07) is 3.25. The summed E-state index contributed by atoms with van der Waals surface area (Å²) in [5.41, 5.74) is 0. The second kappa shape index (κ2) is 7.26. The van der Waals surface area contributed by atoms with Crippen LogP contribution in [-0.2, 0) is 11.3 Å². The van der Waals surface area contributed by atoms with E-state index in [4.69, 9.17) is 4.42 Å². The zero-order valence-electron chi connectivity index (χ0n) is 12.6. The lowest BCUT2D eigenvalue weighted by Gasteiger charge is -2.25. The van der Waals surface area contributed by atoms with Gasteiger partial charge in [-0.05, 0) is 44.5 Å². The van der Waals surface area contributed by atoms with E-state index in [1.807, 2.05) is 6.92 Å². The Hall–Kier alpha value is -1.82. The minimum atomic E-state index is -0.268. The van der Waals surface area contributed by atoms with Crippen molar-refractivity contribution < 1.29 is 14.0 Å². The van der Waals surface area contributed by atoms with Gasteiger partial charge in [-0.25, -0.2) is 0 Å². The first-order valence-electron chi connectivity index (χ1n) is 7.48. The van der Waals surface area contributed by atoms with E-state index in [1.54, 1.807) is 19.2 Å². The van der Waals surface area contributed by atoms with E-state index in [0.717, 1.165) is 32.4 Å². The molecule has 1 saturated heterocycles. The van der Waals surface area contributed by atoms with Gasteiger partial charge in [-0.15, -0.1) is 0 Å². The van der Waals surface area contributed by atoms with E-state index >= 15 is 0 Å². The van der Waals surface area contributed by atoms with Crippen molar-refractivity contribution in [2.24, 2.45) is 0 Å². The zero-order chi connectivity index (χ0) is 15.2. The second-order valence-electron chi connectivity index (χ2n) is 5.23. The highest BCUT2D eigenvalue weighted by Gasteiger charge is 2.26. The Kier molecular flexibility index (Phi) is 5.38. The molecule has 0 bridgehead atoms. The summed E-state index contributed by atoms with van der Waals surface area (Å²) in [5, 5.41) is 5.39. The lowest BCUT2D eigenvalue weighted by atomic mass is 10.2. The molecule has 0 aliphatic carbocycles. The number of carbonyl (C=O) groups excluding carboxylic acids is 2. The average molecular weight is 293 g/mol. The van der Waals surface area contributed by atoms with Gasteiger partial charge in [0.1, 0.15) is 5.76 Å². The van der Waals surface area contributed by atoms with Crippen molar-refractivity contribution in [2.75, 3.05) is 20.1 Å². The van der Waals surface area contributed by atoms with Crippen molar-refractivity contribution in [1.82, 2.24) is 15.5 Å². The number of nitrogens with one attached hydrogen (secondary N) is 2. The third-order valence-corrected chi connectivity index (χ3v) is 3.82. The number of hydrogen-bond acceptors (Lipinski definition) is 4. The van der Waals surface area contributed by atoms with Crippen molar-refractivity contribution in [1.29, 1.82) is 0 Å². The van der Waals surface area contributed by atoms with Gasteiger partial charge in [0.25, 0.3) is 5.91 Å². The molecular formula is C15H23N3O3. The standard InChI is InChI=1S/C15H23N3O3/c1-3-12(18-8-4-5-9-18)14(19)17-10-11-6-7-13(21-11)15(20)16-2/h6-7,12H,3-5,8-10H2,1-2H3,(H,16,20)(H,17,19)/t12-/m0/s1. The summed E-state index contributed by atoms with van der Waals surface area (Å²) in [4.78, 5) is 25.9. The first-order chi connectivity index (χ1) is 10.2. The van der Waals surface area contributed by atoms with Crippen LogP contribution in [0.3, 0.4) is 0 Å². The number of amides is 2. The molecule has 6 heteroatoms. The molecule has 0 unspecified atom stereocenters. The molecule has 1 aromatic heterocycles. The number of likely N-dealkylation sites (tertiary alicyclic amines) is 1. The van der Waals surface area contributed by atoms with Crippen molar-refractivity contribution in [3.63, 3.8) is 0 Å². The molecule has 6 nitrogen and oxygen atoms in total. The second-order valence-corrected chi connectivity index (χ2v) is 5.23. The number of hydrogen-bond donors (Lipinski definition) is 2. The smallest absolute Gasteiger partial charge is 0.286 e. The highest BCUT2D eigenvalue weighted by atomic mass is 16.4.